The van der Waals surface area contributed by atoms with Gasteiger partial charge in [-0.3, -0.25) is 4.90 Å². The Hall–Kier alpha value is -0.800. The van der Waals surface area contributed by atoms with Gasteiger partial charge in [0.05, 0.1) is 12.8 Å². The lowest BCUT2D eigenvalue weighted by molar-refractivity contribution is -0.0423. The molecule has 1 saturated heterocycles. The van der Waals surface area contributed by atoms with Crippen LogP contribution in [0.3, 0.4) is 0 Å². The van der Waals surface area contributed by atoms with Crippen molar-refractivity contribution < 1.29 is 4.42 Å². The van der Waals surface area contributed by atoms with Crippen molar-refractivity contribution >= 4 is 0 Å². The Morgan fingerprint density at radius 1 is 1.41 bits per heavy atom. The van der Waals surface area contributed by atoms with Crippen molar-refractivity contribution in [2.75, 3.05) is 20.1 Å². The highest BCUT2D eigenvalue weighted by Crippen LogP contribution is 2.50. The second kappa shape index (κ2) is 4.46. The summed E-state index contributed by atoms with van der Waals surface area (Å²) in [5, 5.41) is 3.48. The minimum atomic E-state index is 0.604. The molecule has 0 radical (unpaired) electrons. The third kappa shape index (κ3) is 2.02. The maximum absolute atomic E-state index is 5.44. The minimum absolute atomic E-state index is 0.604. The van der Waals surface area contributed by atoms with Gasteiger partial charge in [0, 0.05) is 6.04 Å². The van der Waals surface area contributed by atoms with Gasteiger partial charge in [-0.05, 0) is 63.4 Å². The van der Waals surface area contributed by atoms with E-state index in [9.17, 15) is 0 Å². The van der Waals surface area contributed by atoms with Crippen LogP contribution in [0, 0.1) is 5.41 Å². The lowest BCUT2D eigenvalue weighted by Crippen LogP contribution is -2.57. The number of nitrogens with zero attached hydrogens (tertiary/aromatic N) is 1. The highest BCUT2D eigenvalue weighted by atomic mass is 16.3. The van der Waals surface area contributed by atoms with E-state index in [0.717, 1.165) is 18.3 Å². The number of hydrogen-bond donors (Lipinski definition) is 1. The molecule has 1 spiro atoms. The minimum Gasteiger partial charge on any atom is -0.468 e. The van der Waals surface area contributed by atoms with Gasteiger partial charge in [0.25, 0.3) is 0 Å². The molecule has 94 valence electrons. The summed E-state index contributed by atoms with van der Waals surface area (Å²) in [6.45, 7) is 3.35. The van der Waals surface area contributed by atoms with Crippen molar-refractivity contribution in [2.45, 2.75) is 38.3 Å². The van der Waals surface area contributed by atoms with Gasteiger partial charge >= 0.3 is 0 Å². The van der Waals surface area contributed by atoms with E-state index >= 15 is 0 Å². The van der Waals surface area contributed by atoms with Gasteiger partial charge in [-0.2, -0.15) is 0 Å². The summed E-state index contributed by atoms with van der Waals surface area (Å²) >= 11 is 0. The van der Waals surface area contributed by atoms with Crippen molar-refractivity contribution in [1.29, 1.82) is 0 Å². The molecule has 1 aliphatic heterocycles. The molecule has 1 aromatic heterocycles. The zero-order valence-electron chi connectivity index (χ0n) is 10.6. The van der Waals surface area contributed by atoms with Gasteiger partial charge in [0.15, 0.2) is 0 Å². The van der Waals surface area contributed by atoms with E-state index in [1.54, 1.807) is 6.26 Å². The Morgan fingerprint density at radius 2 is 2.24 bits per heavy atom. The van der Waals surface area contributed by atoms with Crippen molar-refractivity contribution in [2.24, 2.45) is 5.41 Å². The van der Waals surface area contributed by atoms with Crippen LogP contribution in [0.15, 0.2) is 22.8 Å². The highest BCUT2D eigenvalue weighted by molar-refractivity contribution is 5.05. The van der Waals surface area contributed by atoms with E-state index in [0.29, 0.717) is 5.41 Å². The molecule has 2 aliphatic rings. The summed E-state index contributed by atoms with van der Waals surface area (Å²) in [7, 11) is 2.25. The predicted octanol–water partition coefficient (Wildman–Crippen LogP) is 2.24. The topological polar surface area (TPSA) is 28.4 Å². The van der Waals surface area contributed by atoms with Crippen molar-refractivity contribution in [3.8, 4) is 0 Å². The number of nitrogens with one attached hydrogen (secondary N) is 1. The van der Waals surface area contributed by atoms with E-state index in [-0.39, 0.29) is 0 Å². The monoisotopic (exact) mass is 234 g/mol. The Morgan fingerprint density at radius 3 is 2.82 bits per heavy atom. The van der Waals surface area contributed by atoms with E-state index in [4.69, 9.17) is 4.42 Å². The van der Waals surface area contributed by atoms with Crippen LogP contribution in [0.1, 0.15) is 31.4 Å². The first kappa shape index (κ1) is 11.3. The van der Waals surface area contributed by atoms with Crippen LogP contribution in [-0.4, -0.2) is 31.1 Å². The molecular formula is C14H22N2O. The van der Waals surface area contributed by atoms with Crippen molar-refractivity contribution in [3.63, 3.8) is 0 Å². The first-order valence-corrected chi connectivity index (χ1v) is 6.74. The SMILES string of the molecule is CN(Cc1ccco1)C1CCC12CCNCC2. The van der Waals surface area contributed by atoms with Gasteiger partial charge in [0.1, 0.15) is 5.76 Å². The van der Waals surface area contributed by atoms with Crippen molar-refractivity contribution in [3.05, 3.63) is 24.2 Å². The molecule has 1 atom stereocenters. The summed E-state index contributed by atoms with van der Waals surface area (Å²) in [5.41, 5.74) is 0.604. The molecule has 1 aliphatic carbocycles. The third-order valence-corrected chi connectivity index (χ3v) is 4.74. The Bertz CT molecular complexity index is 354. The fourth-order valence-electron chi connectivity index (χ4n) is 3.64. The predicted molar refractivity (Wildman–Crippen MR) is 67.7 cm³/mol. The van der Waals surface area contributed by atoms with Crippen LogP contribution in [0.2, 0.25) is 0 Å². The van der Waals surface area contributed by atoms with Crippen molar-refractivity contribution in [1.82, 2.24) is 10.2 Å². The van der Waals surface area contributed by atoms with E-state index in [1.807, 2.05) is 6.07 Å². The van der Waals surface area contributed by atoms with Crippen LogP contribution < -0.4 is 5.32 Å². The van der Waals surface area contributed by atoms with Crippen LogP contribution in [0.5, 0.6) is 0 Å². The summed E-state index contributed by atoms with van der Waals surface area (Å²) in [6.07, 6.45) is 7.24. The molecule has 2 heterocycles. The van der Waals surface area contributed by atoms with E-state index in [2.05, 4.69) is 23.3 Å². The molecule has 1 unspecified atom stereocenters. The Labute approximate surface area is 103 Å². The van der Waals surface area contributed by atoms with Crippen LogP contribution >= 0.6 is 0 Å². The standard InChI is InChI=1S/C14H22N2O/c1-16(11-12-3-2-10-17-12)13-4-5-14(13)6-8-15-9-7-14/h2-3,10,13,15H,4-9,11H2,1H3. The number of piperidine rings is 1. The molecule has 3 rings (SSSR count). The second-order valence-electron chi connectivity index (χ2n) is 5.66. The Kier molecular flexibility index (Phi) is 2.97. The molecule has 0 aromatic carbocycles. The Balaban J connectivity index is 1.64. The molecule has 1 N–H and O–H groups in total. The smallest absolute Gasteiger partial charge is 0.117 e. The van der Waals surface area contributed by atoms with E-state index < -0.39 is 0 Å². The number of furan rings is 1. The van der Waals surface area contributed by atoms with Gasteiger partial charge in [-0.15, -0.1) is 0 Å². The average Bonchev–Trinajstić information content (AvgIpc) is 2.81. The zero-order valence-corrected chi connectivity index (χ0v) is 10.6. The zero-order chi connectivity index (χ0) is 11.7. The maximum atomic E-state index is 5.44. The fraction of sp³-hybridized carbons (Fsp3) is 0.714. The van der Waals surface area contributed by atoms with Gasteiger partial charge in [0.2, 0.25) is 0 Å². The lowest BCUT2D eigenvalue weighted by atomic mass is 9.59. The molecule has 0 bridgehead atoms. The maximum Gasteiger partial charge on any atom is 0.117 e. The average molecular weight is 234 g/mol. The number of hydrogen-bond acceptors (Lipinski definition) is 3. The molecule has 3 nitrogen and oxygen atoms in total. The fourth-order valence-corrected chi connectivity index (χ4v) is 3.64. The molecule has 2 fully saturated rings. The van der Waals surface area contributed by atoms with E-state index in [1.165, 1.54) is 38.8 Å². The van der Waals surface area contributed by atoms with Crippen LogP contribution in [0.25, 0.3) is 0 Å². The lowest BCUT2D eigenvalue weighted by Gasteiger charge is -2.55. The quantitative estimate of drug-likeness (QED) is 0.869. The summed E-state index contributed by atoms with van der Waals surface area (Å²) < 4.78 is 5.44. The normalized spacial score (nSPS) is 27.3. The second-order valence-corrected chi connectivity index (χ2v) is 5.66. The first-order chi connectivity index (χ1) is 8.30. The third-order valence-electron chi connectivity index (χ3n) is 4.74. The molecule has 3 heteroatoms. The highest BCUT2D eigenvalue weighted by Gasteiger charge is 2.48. The first-order valence-electron chi connectivity index (χ1n) is 6.74. The van der Waals surface area contributed by atoms with Crippen LogP contribution in [-0.2, 0) is 6.54 Å². The molecular weight excluding hydrogens is 212 g/mol. The van der Waals surface area contributed by atoms with Gasteiger partial charge in [-0.25, -0.2) is 0 Å². The summed E-state index contributed by atoms with van der Waals surface area (Å²) in [5.74, 6) is 1.09. The molecule has 1 saturated carbocycles. The molecule has 17 heavy (non-hydrogen) atoms. The van der Waals surface area contributed by atoms with Gasteiger partial charge in [-0.1, -0.05) is 0 Å². The summed E-state index contributed by atoms with van der Waals surface area (Å²) in [6, 6.07) is 4.81. The largest absolute Gasteiger partial charge is 0.468 e. The molecule has 1 aromatic rings. The summed E-state index contributed by atoms with van der Waals surface area (Å²) in [4.78, 5) is 2.49. The van der Waals surface area contributed by atoms with Crippen LogP contribution in [0.4, 0.5) is 0 Å². The van der Waals surface area contributed by atoms with Gasteiger partial charge < -0.3 is 9.73 Å². The molecule has 0 amide bonds. The number of rotatable bonds is 3.